The Balaban J connectivity index is 1.63. The maximum absolute atomic E-state index is 13.9. The van der Waals surface area contributed by atoms with Gasteiger partial charge >= 0.3 is 0 Å². The van der Waals surface area contributed by atoms with E-state index in [1.807, 2.05) is 49.4 Å². The van der Waals surface area contributed by atoms with Crippen molar-refractivity contribution in [2.24, 2.45) is 0 Å². The summed E-state index contributed by atoms with van der Waals surface area (Å²) in [5, 5.41) is 3.56. The number of rotatable bonds is 11. The van der Waals surface area contributed by atoms with Crippen molar-refractivity contribution in [2.75, 3.05) is 30.4 Å². The van der Waals surface area contributed by atoms with Crippen molar-refractivity contribution in [3.05, 3.63) is 107 Å². The van der Waals surface area contributed by atoms with Gasteiger partial charge in [-0.25, -0.2) is 8.42 Å². The number of methoxy groups -OCH3 is 2. The lowest BCUT2D eigenvalue weighted by Gasteiger charge is -2.26. The molecule has 0 aliphatic rings. The summed E-state index contributed by atoms with van der Waals surface area (Å²) in [5.41, 5.74) is 2.76. The van der Waals surface area contributed by atoms with Gasteiger partial charge < -0.3 is 14.8 Å². The SMILES string of the molecule is COc1ccc(OC)c(N(CC(=O)Nc2ccccc2SCc2ccc(Cl)cc2)S(=O)(=O)c2ccc(C)cc2)c1. The van der Waals surface area contributed by atoms with E-state index in [1.54, 1.807) is 42.1 Å². The number of carbonyl (C=O) groups excluding carboxylic acids is 1. The number of aryl methyl sites for hydroxylation is 1. The molecule has 4 rings (SSSR count). The normalized spacial score (nSPS) is 11.1. The molecule has 1 N–H and O–H groups in total. The number of thioether (sulfide) groups is 1. The number of carbonyl (C=O) groups is 1. The molecule has 0 heterocycles. The van der Waals surface area contributed by atoms with E-state index in [4.69, 9.17) is 21.1 Å². The minimum atomic E-state index is -4.15. The standard InChI is InChI=1S/C30H29ClN2O5S2/c1-21-8-15-25(16-9-21)40(35,36)33(27-18-24(37-2)14-17-28(27)38-3)19-30(34)32-26-6-4-5-7-29(26)39-20-22-10-12-23(31)13-11-22/h4-18H,19-20H2,1-3H3,(H,32,34). The summed E-state index contributed by atoms with van der Waals surface area (Å²) in [6.07, 6.45) is 0. The molecule has 10 heteroatoms. The first-order valence-electron chi connectivity index (χ1n) is 12.3. The number of nitrogens with zero attached hydrogens (tertiary/aromatic N) is 1. The Hall–Kier alpha value is -3.66. The lowest BCUT2D eigenvalue weighted by atomic mass is 10.2. The van der Waals surface area contributed by atoms with Gasteiger partial charge in [0, 0.05) is 21.7 Å². The molecular weight excluding hydrogens is 568 g/mol. The van der Waals surface area contributed by atoms with Crippen molar-refractivity contribution < 1.29 is 22.7 Å². The average Bonchev–Trinajstić information content (AvgIpc) is 2.96. The fourth-order valence-corrected chi connectivity index (χ4v) is 6.40. The minimum absolute atomic E-state index is 0.0506. The second-order valence-electron chi connectivity index (χ2n) is 8.82. The van der Waals surface area contributed by atoms with Gasteiger partial charge in [-0.3, -0.25) is 9.10 Å². The Labute approximate surface area is 244 Å². The summed E-state index contributed by atoms with van der Waals surface area (Å²) >= 11 is 7.55. The third-order valence-corrected chi connectivity index (χ3v) is 9.19. The summed E-state index contributed by atoms with van der Waals surface area (Å²) in [6, 6.07) is 26.2. The summed E-state index contributed by atoms with van der Waals surface area (Å²) in [6.45, 7) is 1.38. The smallest absolute Gasteiger partial charge is 0.264 e. The van der Waals surface area contributed by atoms with Crippen LogP contribution in [0.1, 0.15) is 11.1 Å². The molecule has 40 heavy (non-hydrogen) atoms. The lowest BCUT2D eigenvalue weighted by Crippen LogP contribution is -2.38. The lowest BCUT2D eigenvalue weighted by molar-refractivity contribution is -0.114. The second kappa shape index (κ2) is 13.1. The first kappa shape index (κ1) is 29.3. The first-order valence-corrected chi connectivity index (χ1v) is 15.1. The molecule has 0 bridgehead atoms. The van der Waals surface area contributed by atoms with Crippen LogP contribution < -0.4 is 19.1 Å². The van der Waals surface area contributed by atoms with Crippen LogP contribution in [0.2, 0.25) is 5.02 Å². The Morgan fingerprint density at radius 3 is 2.30 bits per heavy atom. The van der Waals surface area contributed by atoms with E-state index < -0.39 is 22.5 Å². The predicted octanol–water partition coefficient (Wildman–Crippen LogP) is 6.79. The van der Waals surface area contributed by atoms with Gasteiger partial charge in [0.15, 0.2) is 0 Å². The molecule has 4 aromatic carbocycles. The van der Waals surface area contributed by atoms with E-state index in [-0.39, 0.29) is 16.3 Å². The predicted molar refractivity (Wildman–Crippen MR) is 161 cm³/mol. The van der Waals surface area contributed by atoms with Crippen LogP contribution >= 0.6 is 23.4 Å². The molecule has 208 valence electrons. The molecule has 0 unspecified atom stereocenters. The van der Waals surface area contributed by atoms with Gasteiger partial charge in [0.2, 0.25) is 5.91 Å². The van der Waals surface area contributed by atoms with E-state index in [0.29, 0.717) is 22.2 Å². The van der Waals surface area contributed by atoms with Gasteiger partial charge in [0.25, 0.3) is 10.0 Å². The Bertz CT molecular complexity index is 1580. The summed E-state index contributed by atoms with van der Waals surface area (Å²) < 4.78 is 39.6. The van der Waals surface area contributed by atoms with Crippen molar-refractivity contribution >= 4 is 50.7 Å². The van der Waals surface area contributed by atoms with Crippen LogP contribution in [0.5, 0.6) is 11.5 Å². The van der Waals surface area contributed by atoms with Crippen LogP contribution in [0.25, 0.3) is 0 Å². The van der Waals surface area contributed by atoms with E-state index in [2.05, 4.69) is 5.32 Å². The van der Waals surface area contributed by atoms with Gasteiger partial charge in [0.1, 0.15) is 18.0 Å². The van der Waals surface area contributed by atoms with Gasteiger partial charge in [-0.15, -0.1) is 11.8 Å². The molecule has 7 nitrogen and oxygen atoms in total. The fraction of sp³-hybridized carbons (Fsp3) is 0.167. The molecule has 0 atom stereocenters. The molecule has 0 saturated heterocycles. The molecule has 0 aromatic heterocycles. The minimum Gasteiger partial charge on any atom is -0.497 e. The zero-order valence-corrected chi connectivity index (χ0v) is 24.6. The fourth-order valence-electron chi connectivity index (χ4n) is 3.89. The molecule has 0 aliphatic heterocycles. The highest BCUT2D eigenvalue weighted by Gasteiger charge is 2.30. The van der Waals surface area contributed by atoms with Gasteiger partial charge in [-0.05, 0) is 61.0 Å². The molecule has 0 aliphatic carbocycles. The number of hydrogen-bond acceptors (Lipinski definition) is 6. The Morgan fingerprint density at radius 1 is 0.925 bits per heavy atom. The zero-order chi connectivity index (χ0) is 28.7. The first-order chi connectivity index (χ1) is 19.2. The molecule has 0 fully saturated rings. The van der Waals surface area contributed by atoms with E-state index in [0.717, 1.165) is 20.3 Å². The van der Waals surface area contributed by atoms with E-state index in [1.165, 1.54) is 32.4 Å². The van der Waals surface area contributed by atoms with Crippen LogP contribution in [0.15, 0.2) is 101 Å². The quantitative estimate of drug-likeness (QED) is 0.192. The largest absolute Gasteiger partial charge is 0.497 e. The third-order valence-electron chi connectivity index (χ3n) is 6.02. The number of sulfonamides is 1. The number of anilines is 2. The highest BCUT2D eigenvalue weighted by atomic mass is 35.5. The zero-order valence-electron chi connectivity index (χ0n) is 22.3. The van der Waals surface area contributed by atoms with E-state index in [9.17, 15) is 13.2 Å². The molecular formula is C30H29ClN2O5S2. The number of nitrogens with one attached hydrogen (secondary N) is 1. The number of hydrogen-bond donors (Lipinski definition) is 1. The maximum atomic E-state index is 13.9. The van der Waals surface area contributed by atoms with Crippen LogP contribution in [-0.4, -0.2) is 35.1 Å². The average molecular weight is 597 g/mol. The number of amides is 1. The van der Waals surface area contributed by atoms with Crippen LogP contribution in [-0.2, 0) is 20.6 Å². The monoisotopic (exact) mass is 596 g/mol. The van der Waals surface area contributed by atoms with Crippen molar-refractivity contribution in [1.29, 1.82) is 0 Å². The molecule has 0 saturated carbocycles. The van der Waals surface area contributed by atoms with Crippen LogP contribution in [0.3, 0.4) is 0 Å². The summed E-state index contributed by atoms with van der Waals surface area (Å²) in [4.78, 5) is 14.3. The van der Waals surface area contributed by atoms with Crippen molar-refractivity contribution in [2.45, 2.75) is 22.5 Å². The number of para-hydroxylation sites is 1. The van der Waals surface area contributed by atoms with Gasteiger partial charge in [-0.1, -0.05) is 53.6 Å². The van der Waals surface area contributed by atoms with Gasteiger partial charge in [-0.2, -0.15) is 0 Å². The third kappa shape index (κ3) is 7.10. The van der Waals surface area contributed by atoms with Crippen molar-refractivity contribution in [3.63, 3.8) is 0 Å². The second-order valence-corrected chi connectivity index (χ2v) is 12.1. The summed E-state index contributed by atoms with van der Waals surface area (Å²) in [5.74, 6) is 0.853. The Kier molecular flexibility index (Phi) is 9.63. The van der Waals surface area contributed by atoms with E-state index >= 15 is 0 Å². The number of ether oxygens (including phenoxy) is 2. The number of halogens is 1. The molecule has 1 amide bonds. The topological polar surface area (TPSA) is 84.9 Å². The highest BCUT2D eigenvalue weighted by molar-refractivity contribution is 7.98. The molecule has 0 radical (unpaired) electrons. The summed E-state index contributed by atoms with van der Waals surface area (Å²) in [7, 11) is -1.23. The highest BCUT2D eigenvalue weighted by Crippen LogP contribution is 2.36. The van der Waals surface area contributed by atoms with Crippen LogP contribution in [0.4, 0.5) is 11.4 Å². The molecule has 4 aromatic rings. The number of benzene rings is 4. The molecule has 0 spiro atoms. The van der Waals surface area contributed by atoms with Crippen molar-refractivity contribution in [3.8, 4) is 11.5 Å². The van der Waals surface area contributed by atoms with Gasteiger partial charge in [0.05, 0.1) is 30.5 Å². The van der Waals surface area contributed by atoms with Crippen LogP contribution in [0, 0.1) is 6.92 Å². The Morgan fingerprint density at radius 2 is 1.62 bits per heavy atom. The van der Waals surface area contributed by atoms with Crippen molar-refractivity contribution in [1.82, 2.24) is 0 Å². The maximum Gasteiger partial charge on any atom is 0.264 e.